The second-order valence-corrected chi connectivity index (χ2v) is 4.88. The molecule has 0 bridgehead atoms. The fraction of sp³-hybridized carbons (Fsp3) is 0.250. The average molecular weight is 322 g/mol. The predicted octanol–water partition coefficient (Wildman–Crippen LogP) is 1.51. The van der Waals surface area contributed by atoms with Crippen LogP contribution in [0.3, 0.4) is 0 Å². The second kappa shape index (κ2) is 8.36. The zero-order chi connectivity index (χ0) is 15.2. The van der Waals surface area contributed by atoms with Gasteiger partial charge in [-0.25, -0.2) is 0 Å². The number of hydrogen-bond acceptors (Lipinski definition) is 3. The molecule has 1 atom stereocenters. The van der Waals surface area contributed by atoms with Crippen LogP contribution in [0.2, 0.25) is 0 Å². The molecule has 4 N–H and O–H groups in total. The van der Waals surface area contributed by atoms with E-state index in [1.54, 1.807) is 0 Å². The van der Waals surface area contributed by atoms with E-state index >= 15 is 0 Å². The van der Waals surface area contributed by atoms with Gasteiger partial charge in [0.25, 0.3) is 0 Å². The largest absolute Gasteiger partial charge is 0.348 e. The van der Waals surface area contributed by atoms with Crippen molar-refractivity contribution >= 4 is 35.0 Å². The smallest absolute Gasteiger partial charge is 0.239 e. The molecule has 0 fully saturated rings. The maximum atomic E-state index is 11.7. The maximum absolute atomic E-state index is 11.7. The molecule has 0 aromatic heterocycles. The van der Waals surface area contributed by atoms with Crippen molar-refractivity contribution < 1.29 is 9.59 Å². The Morgan fingerprint density at radius 3 is 2.45 bits per heavy atom. The number of halogens is 1. The summed E-state index contributed by atoms with van der Waals surface area (Å²) in [5, 5.41) is 7.58. The van der Waals surface area contributed by atoms with Crippen molar-refractivity contribution in [2.45, 2.75) is 13.0 Å². The van der Waals surface area contributed by atoms with E-state index in [2.05, 4.69) is 16.7 Å². The van der Waals surface area contributed by atoms with Crippen molar-refractivity contribution in [3.8, 4) is 0 Å². The van der Waals surface area contributed by atoms with Crippen LogP contribution in [0, 0.1) is 0 Å². The van der Waals surface area contributed by atoms with Gasteiger partial charge in [-0.05, 0) is 29.3 Å². The third-order valence-electron chi connectivity index (χ3n) is 3.28. The van der Waals surface area contributed by atoms with Crippen molar-refractivity contribution in [1.29, 1.82) is 0 Å². The summed E-state index contributed by atoms with van der Waals surface area (Å²) in [5.74, 6) is -0.582. The zero-order valence-electron chi connectivity index (χ0n) is 12.3. The third-order valence-corrected chi connectivity index (χ3v) is 3.28. The van der Waals surface area contributed by atoms with Gasteiger partial charge >= 0.3 is 0 Å². The summed E-state index contributed by atoms with van der Waals surface area (Å²) in [4.78, 5) is 22.7. The van der Waals surface area contributed by atoms with Gasteiger partial charge in [-0.3, -0.25) is 9.59 Å². The Balaban J connectivity index is 0.00000242. The van der Waals surface area contributed by atoms with E-state index in [9.17, 15) is 9.59 Å². The Hall–Kier alpha value is -2.11. The molecule has 0 aliphatic carbocycles. The first-order chi connectivity index (χ1) is 10.1. The number of carbonyl (C=O) groups excluding carboxylic acids is 2. The summed E-state index contributed by atoms with van der Waals surface area (Å²) in [6.45, 7) is 1.73. The summed E-state index contributed by atoms with van der Waals surface area (Å²) >= 11 is 0. The molecule has 0 aliphatic heterocycles. The average Bonchev–Trinajstić information content (AvgIpc) is 2.52. The van der Waals surface area contributed by atoms with E-state index in [1.807, 2.05) is 43.3 Å². The molecule has 118 valence electrons. The first kappa shape index (κ1) is 17.9. The maximum Gasteiger partial charge on any atom is 0.239 e. The number of hydrogen-bond donors (Lipinski definition) is 3. The van der Waals surface area contributed by atoms with E-state index in [0.717, 1.165) is 16.3 Å². The summed E-state index contributed by atoms with van der Waals surface area (Å²) < 4.78 is 0. The van der Waals surface area contributed by atoms with Crippen LogP contribution < -0.4 is 16.4 Å². The van der Waals surface area contributed by atoms with Gasteiger partial charge in [-0.1, -0.05) is 36.4 Å². The lowest BCUT2D eigenvalue weighted by molar-refractivity contribution is -0.125. The first-order valence-electron chi connectivity index (χ1n) is 6.85. The van der Waals surface area contributed by atoms with Gasteiger partial charge in [-0.2, -0.15) is 0 Å². The third kappa shape index (κ3) is 4.72. The second-order valence-electron chi connectivity index (χ2n) is 4.88. The number of nitrogens with one attached hydrogen (secondary N) is 2. The highest BCUT2D eigenvalue weighted by Crippen LogP contribution is 2.20. The van der Waals surface area contributed by atoms with Crippen LogP contribution in [0.4, 0.5) is 0 Å². The van der Waals surface area contributed by atoms with Gasteiger partial charge in [0.1, 0.15) is 0 Å². The van der Waals surface area contributed by atoms with Gasteiger partial charge in [0.05, 0.1) is 19.1 Å². The lowest BCUT2D eigenvalue weighted by Crippen LogP contribution is -2.40. The molecule has 2 aromatic carbocycles. The molecule has 2 amide bonds. The van der Waals surface area contributed by atoms with E-state index in [-0.39, 0.29) is 43.4 Å². The highest BCUT2D eigenvalue weighted by Gasteiger charge is 2.10. The number of nitrogens with two attached hydrogens (primary N) is 1. The first-order valence-corrected chi connectivity index (χ1v) is 6.85. The zero-order valence-corrected chi connectivity index (χ0v) is 13.2. The Morgan fingerprint density at radius 2 is 1.77 bits per heavy atom. The summed E-state index contributed by atoms with van der Waals surface area (Å²) in [5.41, 5.74) is 6.18. The highest BCUT2D eigenvalue weighted by molar-refractivity contribution is 5.86. The van der Waals surface area contributed by atoms with E-state index < -0.39 is 0 Å². The van der Waals surface area contributed by atoms with Crippen molar-refractivity contribution in [2.24, 2.45) is 5.73 Å². The highest BCUT2D eigenvalue weighted by atomic mass is 35.5. The number of fused-ring (bicyclic) bond motifs is 1. The molecule has 0 heterocycles. The fourth-order valence-corrected chi connectivity index (χ4v) is 2.10. The Bertz CT molecular complexity index is 661. The molecule has 0 spiro atoms. The summed E-state index contributed by atoms with van der Waals surface area (Å²) in [6.07, 6.45) is 0. The summed E-state index contributed by atoms with van der Waals surface area (Å²) in [7, 11) is 0. The summed E-state index contributed by atoms with van der Waals surface area (Å²) in [6, 6.07) is 14.0. The Kier molecular flexibility index (Phi) is 6.82. The van der Waals surface area contributed by atoms with Crippen LogP contribution in [0.1, 0.15) is 18.5 Å². The predicted molar refractivity (Wildman–Crippen MR) is 89.8 cm³/mol. The van der Waals surface area contributed by atoms with Crippen LogP contribution in [0.5, 0.6) is 0 Å². The van der Waals surface area contributed by atoms with Gasteiger partial charge in [0, 0.05) is 0 Å². The Morgan fingerprint density at radius 1 is 1.09 bits per heavy atom. The quantitative estimate of drug-likeness (QED) is 0.780. The van der Waals surface area contributed by atoms with Crippen molar-refractivity contribution in [3.05, 3.63) is 48.0 Å². The number of benzene rings is 2. The Labute approximate surface area is 135 Å². The number of carbonyl (C=O) groups is 2. The SMILES string of the molecule is CC(NC(=O)CNC(=O)CN)c1ccc2ccccc2c1.Cl. The molecular weight excluding hydrogens is 302 g/mol. The molecule has 5 nitrogen and oxygen atoms in total. The van der Waals surface area contributed by atoms with E-state index in [4.69, 9.17) is 5.73 Å². The topological polar surface area (TPSA) is 84.2 Å². The number of rotatable bonds is 5. The molecule has 22 heavy (non-hydrogen) atoms. The van der Waals surface area contributed by atoms with Crippen molar-refractivity contribution in [2.75, 3.05) is 13.1 Å². The molecule has 0 saturated carbocycles. The van der Waals surface area contributed by atoms with Crippen LogP contribution >= 0.6 is 12.4 Å². The van der Waals surface area contributed by atoms with Crippen molar-refractivity contribution in [1.82, 2.24) is 10.6 Å². The standard InChI is InChI=1S/C16H19N3O2.ClH/c1-11(19-16(21)10-18-15(20)9-17)13-7-6-12-4-2-3-5-14(12)8-13;/h2-8,11H,9-10,17H2,1H3,(H,18,20)(H,19,21);1H. The van der Waals surface area contributed by atoms with Gasteiger partial charge in [0.2, 0.25) is 11.8 Å². The molecular formula is C16H20ClN3O2. The van der Waals surface area contributed by atoms with Crippen LogP contribution in [0.25, 0.3) is 10.8 Å². The minimum absolute atomic E-state index is 0. The molecule has 2 rings (SSSR count). The van der Waals surface area contributed by atoms with Gasteiger partial charge in [-0.15, -0.1) is 12.4 Å². The normalized spacial score (nSPS) is 11.4. The van der Waals surface area contributed by atoms with Crippen LogP contribution in [-0.2, 0) is 9.59 Å². The van der Waals surface area contributed by atoms with Crippen LogP contribution in [-0.4, -0.2) is 24.9 Å². The molecule has 6 heteroatoms. The molecule has 0 aliphatic rings. The van der Waals surface area contributed by atoms with Crippen LogP contribution in [0.15, 0.2) is 42.5 Å². The lowest BCUT2D eigenvalue weighted by Gasteiger charge is -2.15. The van der Waals surface area contributed by atoms with E-state index in [1.165, 1.54) is 0 Å². The van der Waals surface area contributed by atoms with Gasteiger partial charge in [0.15, 0.2) is 0 Å². The molecule has 0 radical (unpaired) electrons. The minimum Gasteiger partial charge on any atom is -0.348 e. The van der Waals surface area contributed by atoms with E-state index in [0.29, 0.717) is 0 Å². The lowest BCUT2D eigenvalue weighted by atomic mass is 10.0. The minimum atomic E-state index is -0.344. The molecule has 0 saturated heterocycles. The molecule has 2 aromatic rings. The number of amides is 2. The fourth-order valence-electron chi connectivity index (χ4n) is 2.10. The molecule has 1 unspecified atom stereocenters. The monoisotopic (exact) mass is 321 g/mol. The van der Waals surface area contributed by atoms with Gasteiger partial charge < -0.3 is 16.4 Å². The van der Waals surface area contributed by atoms with Crippen molar-refractivity contribution in [3.63, 3.8) is 0 Å².